The van der Waals surface area contributed by atoms with Gasteiger partial charge in [0.05, 0.1) is 31.7 Å². The molecule has 9 nitrogen and oxygen atoms in total. The van der Waals surface area contributed by atoms with Crippen molar-refractivity contribution < 1.29 is 29.3 Å². The Morgan fingerprint density at radius 2 is 1.67 bits per heavy atom. The lowest BCUT2D eigenvalue weighted by Crippen LogP contribution is -2.32. The van der Waals surface area contributed by atoms with Crippen LogP contribution < -0.4 is 5.32 Å². The molecule has 1 amide bonds. The molecule has 3 aromatic rings. The van der Waals surface area contributed by atoms with Gasteiger partial charge in [0.1, 0.15) is 5.15 Å². The number of rotatable bonds is 12. The standard InChI is InChI=1S/C28H31Cl2N3O6/c29-26-27(30)33(17-31-26)15-22-14-23(19-8-6-18(16-34)7-9-19)39-28(38-22)20-10-12-21(13-11-20)32-24(35)4-2-1-3-5-25(36)37/h6-13,17,22-23,28,34H,1-5,14-16H2,(H,32,35)(H,36,37). The lowest BCUT2D eigenvalue weighted by molar-refractivity contribution is -0.252. The summed E-state index contributed by atoms with van der Waals surface area (Å²) in [5.41, 5.74) is 3.22. The molecule has 3 atom stereocenters. The number of aliphatic hydroxyl groups excluding tert-OH is 1. The van der Waals surface area contributed by atoms with Crippen LogP contribution in [0.5, 0.6) is 0 Å². The van der Waals surface area contributed by atoms with E-state index >= 15 is 0 Å². The fraction of sp³-hybridized carbons (Fsp3) is 0.393. The van der Waals surface area contributed by atoms with E-state index in [1.807, 2.05) is 36.4 Å². The number of ether oxygens (including phenoxy) is 2. The lowest BCUT2D eigenvalue weighted by atomic mass is 10.00. The monoisotopic (exact) mass is 575 g/mol. The van der Waals surface area contributed by atoms with Gasteiger partial charge in [0, 0.05) is 30.5 Å². The number of benzene rings is 2. The average Bonchev–Trinajstić information content (AvgIpc) is 3.25. The molecule has 1 fully saturated rings. The number of carbonyl (C=O) groups is 2. The number of amides is 1. The first kappa shape index (κ1) is 29.0. The van der Waals surface area contributed by atoms with Crippen LogP contribution >= 0.6 is 23.2 Å². The summed E-state index contributed by atoms with van der Waals surface area (Å²) >= 11 is 12.3. The van der Waals surface area contributed by atoms with Crippen LogP contribution in [0.15, 0.2) is 54.9 Å². The van der Waals surface area contributed by atoms with Crippen molar-refractivity contribution in [1.82, 2.24) is 9.55 Å². The molecule has 11 heteroatoms. The number of anilines is 1. The van der Waals surface area contributed by atoms with Gasteiger partial charge in [0.15, 0.2) is 11.4 Å². The van der Waals surface area contributed by atoms with Crippen molar-refractivity contribution in [3.8, 4) is 0 Å². The fourth-order valence-electron chi connectivity index (χ4n) is 4.41. The number of carboxylic acids is 1. The van der Waals surface area contributed by atoms with Crippen molar-refractivity contribution in [1.29, 1.82) is 0 Å². The summed E-state index contributed by atoms with van der Waals surface area (Å²) in [6.45, 7) is 0.401. The molecule has 0 radical (unpaired) electrons. The molecule has 3 N–H and O–H groups in total. The van der Waals surface area contributed by atoms with E-state index in [2.05, 4.69) is 10.3 Å². The van der Waals surface area contributed by atoms with Crippen LogP contribution in [0.1, 0.15) is 67.6 Å². The Labute approximate surface area is 236 Å². The topological polar surface area (TPSA) is 123 Å². The predicted molar refractivity (Wildman–Crippen MR) is 146 cm³/mol. The van der Waals surface area contributed by atoms with E-state index < -0.39 is 12.3 Å². The molecule has 2 heterocycles. The summed E-state index contributed by atoms with van der Waals surface area (Å²) in [7, 11) is 0. The molecule has 1 aliphatic heterocycles. The van der Waals surface area contributed by atoms with Crippen molar-refractivity contribution in [2.24, 2.45) is 0 Å². The Kier molecular flexibility index (Phi) is 10.4. The Balaban J connectivity index is 1.42. The number of imidazole rings is 1. The van der Waals surface area contributed by atoms with Gasteiger partial charge < -0.3 is 29.6 Å². The van der Waals surface area contributed by atoms with Crippen LogP contribution in [0.4, 0.5) is 5.69 Å². The number of halogens is 2. The van der Waals surface area contributed by atoms with Gasteiger partial charge in [0.2, 0.25) is 5.91 Å². The zero-order valence-corrected chi connectivity index (χ0v) is 22.8. The van der Waals surface area contributed by atoms with Gasteiger partial charge in [-0.15, -0.1) is 0 Å². The highest BCUT2D eigenvalue weighted by atomic mass is 35.5. The molecule has 0 aliphatic carbocycles. The molecule has 0 spiro atoms. The van der Waals surface area contributed by atoms with Crippen LogP contribution in [-0.4, -0.2) is 37.7 Å². The number of carbonyl (C=O) groups excluding carboxylic acids is 1. The van der Waals surface area contributed by atoms with E-state index in [4.69, 9.17) is 37.8 Å². The van der Waals surface area contributed by atoms with E-state index in [9.17, 15) is 14.7 Å². The molecule has 39 heavy (non-hydrogen) atoms. The molecule has 0 bridgehead atoms. The summed E-state index contributed by atoms with van der Waals surface area (Å²) in [5.74, 6) is -0.941. The quantitative estimate of drug-likeness (QED) is 0.230. The van der Waals surface area contributed by atoms with Crippen LogP contribution in [0.25, 0.3) is 0 Å². The normalized spacial score (nSPS) is 19.1. The predicted octanol–water partition coefficient (Wildman–Crippen LogP) is 5.90. The van der Waals surface area contributed by atoms with Gasteiger partial charge in [-0.05, 0) is 36.1 Å². The number of aliphatic carboxylic acids is 1. The minimum absolute atomic E-state index is 0.0341. The highest BCUT2D eigenvalue weighted by Crippen LogP contribution is 2.39. The van der Waals surface area contributed by atoms with Crippen LogP contribution in [-0.2, 0) is 32.2 Å². The largest absolute Gasteiger partial charge is 0.481 e. The summed E-state index contributed by atoms with van der Waals surface area (Å²) in [4.78, 5) is 26.9. The molecule has 208 valence electrons. The molecule has 0 saturated carbocycles. The number of aliphatic hydroxyl groups is 1. The minimum atomic E-state index is -0.822. The zero-order valence-electron chi connectivity index (χ0n) is 21.3. The second kappa shape index (κ2) is 13.9. The number of hydrogen-bond acceptors (Lipinski definition) is 6. The van der Waals surface area contributed by atoms with Crippen molar-refractivity contribution in [2.75, 3.05) is 5.32 Å². The van der Waals surface area contributed by atoms with Crippen LogP contribution in [0.2, 0.25) is 10.3 Å². The van der Waals surface area contributed by atoms with Crippen molar-refractivity contribution in [2.45, 2.75) is 70.2 Å². The third-order valence-corrected chi connectivity index (χ3v) is 7.28. The molecule has 4 rings (SSSR count). The van der Waals surface area contributed by atoms with Gasteiger partial charge >= 0.3 is 5.97 Å². The Hall–Kier alpha value is -2.95. The average molecular weight is 576 g/mol. The first-order valence-electron chi connectivity index (χ1n) is 12.8. The molecular formula is C28H31Cl2N3O6. The summed E-state index contributed by atoms with van der Waals surface area (Å²) in [5, 5.41) is 21.5. The van der Waals surface area contributed by atoms with E-state index in [0.29, 0.717) is 49.5 Å². The van der Waals surface area contributed by atoms with E-state index in [-0.39, 0.29) is 36.3 Å². The number of nitrogens with one attached hydrogen (secondary N) is 1. The Bertz CT molecular complexity index is 1250. The summed E-state index contributed by atoms with van der Waals surface area (Å²) < 4.78 is 14.4. The maximum Gasteiger partial charge on any atom is 0.303 e. The van der Waals surface area contributed by atoms with E-state index in [1.54, 1.807) is 23.0 Å². The fourth-order valence-corrected chi connectivity index (χ4v) is 4.72. The Morgan fingerprint density at radius 3 is 2.31 bits per heavy atom. The van der Waals surface area contributed by atoms with Gasteiger partial charge in [-0.25, -0.2) is 4.98 Å². The lowest BCUT2D eigenvalue weighted by Gasteiger charge is -2.36. The first-order valence-corrected chi connectivity index (χ1v) is 13.6. The molecule has 3 unspecified atom stereocenters. The highest BCUT2D eigenvalue weighted by Gasteiger charge is 2.33. The summed E-state index contributed by atoms with van der Waals surface area (Å²) in [6, 6.07) is 14.9. The second-order valence-corrected chi connectivity index (χ2v) is 10.2. The minimum Gasteiger partial charge on any atom is -0.481 e. The molecule has 1 saturated heterocycles. The third kappa shape index (κ3) is 8.27. The van der Waals surface area contributed by atoms with E-state index in [0.717, 1.165) is 16.7 Å². The van der Waals surface area contributed by atoms with Crippen LogP contribution in [0, 0.1) is 0 Å². The van der Waals surface area contributed by atoms with Crippen molar-refractivity contribution in [3.63, 3.8) is 0 Å². The smallest absolute Gasteiger partial charge is 0.303 e. The highest BCUT2D eigenvalue weighted by molar-refractivity contribution is 6.40. The van der Waals surface area contributed by atoms with Gasteiger partial charge in [-0.1, -0.05) is 66.0 Å². The van der Waals surface area contributed by atoms with Crippen molar-refractivity contribution >= 4 is 40.8 Å². The number of nitrogens with zero attached hydrogens (tertiary/aromatic N) is 2. The van der Waals surface area contributed by atoms with Gasteiger partial charge in [0.25, 0.3) is 0 Å². The molecule has 1 aliphatic rings. The van der Waals surface area contributed by atoms with Gasteiger partial charge in [-0.2, -0.15) is 0 Å². The summed E-state index contributed by atoms with van der Waals surface area (Å²) in [6.07, 6.45) is 3.30. The number of unbranched alkanes of at least 4 members (excludes halogenated alkanes) is 2. The molecule has 2 aromatic carbocycles. The number of hydrogen-bond donors (Lipinski definition) is 3. The zero-order chi connectivity index (χ0) is 27.8. The van der Waals surface area contributed by atoms with Crippen molar-refractivity contribution in [3.05, 3.63) is 81.9 Å². The number of aromatic nitrogens is 2. The van der Waals surface area contributed by atoms with E-state index in [1.165, 1.54) is 0 Å². The maximum absolute atomic E-state index is 12.3. The SMILES string of the molecule is O=C(O)CCCCCC(=O)Nc1ccc(C2OC(Cn3cnc(Cl)c3Cl)CC(c3ccc(CO)cc3)O2)cc1. The first-order chi connectivity index (χ1) is 18.8. The maximum atomic E-state index is 12.3. The van der Waals surface area contributed by atoms with Gasteiger partial charge in [-0.3, -0.25) is 9.59 Å². The second-order valence-electron chi connectivity index (χ2n) is 9.45. The third-order valence-electron chi connectivity index (χ3n) is 6.51. The molecular weight excluding hydrogens is 545 g/mol. The number of carboxylic acid groups (broad SMARTS) is 1. The molecule has 1 aromatic heterocycles. The Morgan fingerprint density at radius 1 is 0.974 bits per heavy atom. The van der Waals surface area contributed by atoms with Crippen LogP contribution in [0.3, 0.4) is 0 Å².